The Morgan fingerprint density at radius 3 is 2.25 bits per heavy atom. The van der Waals surface area contributed by atoms with Crippen LogP contribution in [0.3, 0.4) is 0 Å². The Kier molecular flexibility index (Phi) is 6.73. The number of benzene rings is 1. The molecule has 0 saturated carbocycles. The van der Waals surface area contributed by atoms with Crippen molar-refractivity contribution in [3.63, 3.8) is 0 Å². The van der Waals surface area contributed by atoms with Crippen molar-refractivity contribution in [2.75, 3.05) is 20.6 Å². The average Bonchev–Trinajstić information content (AvgIpc) is 2.34. The Labute approximate surface area is 123 Å². The van der Waals surface area contributed by atoms with Gasteiger partial charge in [0.05, 0.1) is 5.92 Å². The number of carbonyl (C=O) groups excluding carboxylic acids is 1. The normalized spacial score (nSPS) is 12.9. The van der Waals surface area contributed by atoms with Crippen LogP contribution in [0, 0.1) is 5.92 Å². The summed E-state index contributed by atoms with van der Waals surface area (Å²) in [5.41, 5.74) is 7.92. The molecular formula is C17H28N2O. The number of primary amides is 1. The van der Waals surface area contributed by atoms with E-state index in [0.717, 1.165) is 31.4 Å². The molecule has 0 aliphatic carbocycles. The van der Waals surface area contributed by atoms with Gasteiger partial charge in [-0.2, -0.15) is 0 Å². The second kappa shape index (κ2) is 8.05. The molecule has 0 radical (unpaired) electrons. The Hall–Kier alpha value is -1.35. The van der Waals surface area contributed by atoms with E-state index in [0.29, 0.717) is 5.92 Å². The topological polar surface area (TPSA) is 46.3 Å². The van der Waals surface area contributed by atoms with E-state index in [9.17, 15) is 4.79 Å². The average molecular weight is 276 g/mol. The summed E-state index contributed by atoms with van der Waals surface area (Å²) in [6.45, 7) is 5.40. The van der Waals surface area contributed by atoms with Gasteiger partial charge in [-0.15, -0.1) is 0 Å². The zero-order valence-electron chi connectivity index (χ0n) is 13.2. The Morgan fingerprint density at radius 2 is 1.80 bits per heavy atom. The zero-order chi connectivity index (χ0) is 15.1. The van der Waals surface area contributed by atoms with Crippen molar-refractivity contribution in [1.29, 1.82) is 0 Å². The SMILES string of the molecule is CC(C)Cc1ccc(C(CCCN(C)C)C(N)=O)cc1. The van der Waals surface area contributed by atoms with Crippen molar-refractivity contribution in [2.24, 2.45) is 11.7 Å². The van der Waals surface area contributed by atoms with E-state index in [1.54, 1.807) is 0 Å². The standard InChI is InChI=1S/C17H28N2O/c1-13(2)12-14-7-9-15(10-8-14)16(17(18)20)6-5-11-19(3)4/h7-10,13,16H,5-6,11-12H2,1-4H3,(H2,18,20). The molecule has 0 aromatic heterocycles. The molecule has 20 heavy (non-hydrogen) atoms. The predicted octanol–water partition coefficient (Wildman–Crippen LogP) is 2.80. The summed E-state index contributed by atoms with van der Waals surface area (Å²) < 4.78 is 0. The highest BCUT2D eigenvalue weighted by Crippen LogP contribution is 2.22. The van der Waals surface area contributed by atoms with Crippen LogP contribution in [0.25, 0.3) is 0 Å². The van der Waals surface area contributed by atoms with Crippen LogP contribution in [0.5, 0.6) is 0 Å². The second-order valence-electron chi connectivity index (χ2n) is 6.24. The van der Waals surface area contributed by atoms with Gasteiger partial charge in [-0.3, -0.25) is 4.79 Å². The minimum absolute atomic E-state index is 0.164. The number of hydrogen-bond donors (Lipinski definition) is 1. The fourth-order valence-electron chi connectivity index (χ4n) is 2.44. The molecule has 0 bridgehead atoms. The van der Waals surface area contributed by atoms with E-state index in [-0.39, 0.29) is 11.8 Å². The highest BCUT2D eigenvalue weighted by molar-refractivity contribution is 5.81. The predicted molar refractivity (Wildman–Crippen MR) is 84.7 cm³/mol. The van der Waals surface area contributed by atoms with Crippen LogP contribution in [0.1, 0.15) is 43.7 Å². The van der Waals surface area contributed by atoms with Crippen molar-refractivity contribution in [3.05, 3.63) is 35.4 Å². The molecule has 1 aromatic carbocycles. The fraction of sp³-hybridized carbons (Fsp3) is 0.588. The molecule has 1 amide bonds. The highest BCUT2D eigenvalue weighted by Gasteiger charge is 2.17. The lowest BCUT2D eigenvalue weighted by atomic mass is 9.91. The number of amides is 1. The highest BCUT2D eigenvalue weighted by atomic mass is 16.1. The summed E-state index contributed by atoms with van der Waals surface area (Å²) in [6.07, 6.45) is 2.87. The van der Waals surface area contributed by atoms with E-state index in [1.807, 2.05) is 14.1 Å². The lowest BCUT2D eigenvalue weighted by molar-refractivity contribution is -0.119. The first-order chi connectivity index (χ1) is 9.40. The van der Waals surface area contributed by atoms with E-state index in [1.165, 1.54) is 5.56 Å². The maximum atomic E-state index is 11.6. The second-order valence-corrected chi connectivity index (χ2v) is 6.24. The first-order valence-electron chi connectivity index (χ1n) is 7.43. The molecule has 3 nitrogen and oxygen atoms in total. The summed E-state index contributed by atoms with van der Waals surface area (Å²) in [7, 11) is 4.08. The lowest BCUT2D eigenvalue weighted by Gasteiger charge is -2.16. The van der Waals surface area contributed by atoms with Gasteiger partial charge in [0.15, 0.2) is 0 Å². The van der Waals surface area contributed by atoms with Gasteiger partial charge in [0.25, 0.3) is 0 Å². The molecule has 0 aliphatic heterocycles. The van der Waals surface area contributed by atoms with Crippen LogP contribution in [0.4, 0.5) is 0 Å². The smallest absolute Gasteiger partial charge is 0.224 e. The van der Waals surface area contributed by atoms with E-state index >= 15 is 0 Å². The van der Waals surface area contributed by atoms with Crippen LogP contribution in [-0.2, 0) is 11.2 Å². The largest absolute Gasteiger partial charge is 0.369 e. The Morgan fingerprint density at radius 1 is 1.20 bits per heavy atom. The number of rotatable bonds is 8. The molecule has 3 heteroatoms. The molecule has 0 aliphatic rings. The number of nitrogens with two attached hydrogens (primary N) is 1. The molecule has 0 spiro atoms. The minimum Gasteiger partial charge on any atom is -0.369 e. The summed E-state index contributed by atoms with van der Waals surface area (Å²) in [5.74, 6) is 0.260. The molecule has 1 rings (SSSR count). The number of hydrogen-bond acceptors (Lipinski definition) is 2. The van der Waals surface area contributed by atoms with Crippen molar-refractivity contribution in [2.45, 2.75) is 39.0 Å². The molecule has 0 heterocycles. The van der Waals surface area contributed by atoms with E-state index in [4.69, 9.17) is 5.73 Å². The first-order valence-corrected chi connectivity index (χ1v) is 7.43. The van der Waals surface area contributed by atoms with Gasteiger partial charge in [-0.25, -0.2) is 0 Å². The van der Waals surface area contributed by atoms with Crippen molar-refractivity contribution in [3.8, 4) is 0 Å². The van der Waals surface area contributed by atoms with Gasteiger partial charge < -0.3 is 10.6 Å². The first kappa shape index (κ1) is 16.7. The van der Waals surface area contributed by atoms with Crippen molar-refractivity contribution < 1.29 is 4.79 Å². The summed E-state index contributed by atoms with van der Waals surface area (Å²) in [4.78, 5) is 13.8. The molecule has 0 saturated heterocycles. The third-order valence-electron chi connectivity index (χ3n) is 3.47. The molecule has 1 unspecified atom stereocenters. The zero-order valence-corrected chi connectivity index (χ0v) is 13.2. The number of nitrogens with zero attached hydrogens (tertiary/aromatic N) is 1. The molecule has 1 aromatic rings. The minimum atomic E-state index is -0.222. The van der Waals surface area contributed by atoms with E-state index < -0.39 is 0 Å². The van der Waals surface area contributed by atoms with Crippen molar-refractivity contribution in [1.82, 2.24) is 4.90 Å². The lowest BCUT2D eigenvalue weighted by Crippen LogP contribution is -2.23. The fourth-order valence-corrected chi connectivity index (χ4v) is 2.44. The van der Waals surface area contributed by atoms with Crippen LogP contribution in [0.15, 0.2) is 24.3 Å². The van der Waals surface area contributed by atoms with Gasteiger partial charge in [-0.1, -0.05) is 38.1 Å². The van der Waals surface area contributed by atoms with Gasteiger partial charge in [-0.05, 0) is 56.9 Å². The maximum absolute atomic E-state index is 11.6. The van der Waals surface area contributed by atoms with Gasteiger partial charge >= 0.3 is 0 Å². The molecule has 2 N–H and O–H groups in total. The third-order valence-corrected chi connectivity index (χ3v) is 3.47. The molecule has 0 fully saturated rings. The van der Waals surface area contributed by atoms with Crippen LogP contribution < -0.4 is 5.73 Å². The summed E-state index contributed by atoms with van der Waals surface area (Å²) in [6, 6.07) is 8.36. The molecular weight excluding hydrogens is 248 g/mol. The van der Waals surface area contributed by atoms with E-state index in [2.05, 4.69) is 43.0 Å². The quantitative estimate of drug-likeness (QED) is 0.793. The Balaban J connectivity index is 2.69. The summed E-state index contributed by atoms with van der Waals surface area (Å²) >= 11 is 0. The van der Waals surface area contributed by atoms with Gasteiger partial charge in [0, 0.05) is 0 Å². The monoisotopic (exact) mass is 276 g/mol. The van der Waals surface area contributed by atoms with Crippen LogP contribution >= 0.6 is 0 Å². The third kappa shape index (κ3) is 5.74. The Bertz CT molecular complexity index is 410. The molecule has 1 atom stereocenters. The van der Waals surface area contributed by atoms with Crippen molar-refractivity contribution >= 4 is 5.91 Å². The molecule has 112 valence electrons. The number of carbonyl (C=O) groups is 1. The van der Waals surface area contributed by atoms with Gasteiger partial charge in [0.1, 0.15) is 0 Å². The summed E-state index contributed by atoms with van der Waals surface area (Å²) in [5, 5.41) is 0. The van der Waals surface area contributed by atoms with Crippen LogP contribution in [0.2, 0.25) is 0 Å². The van der Waals surface area contributed by atoms with Gasteiger partial charge in [0.2, 0.25) is 5.91 Å². The maximum Gasteiger partial charge on any atom is 0.224 e. The van der Waals surface area contributed by atoms with Crippen LogP contribution in [-0.4, -0.2) is 31.4 Å².